The second kappa shape index (κ2) is 2.67. The van der Waals surface area contributed by atoms with E-state index in [1.54, 1.807) is 0 Å². The number of aromatic nitrogens is 1. The van der Waals surface area contributed by atoms with Crippen LogP contribution in [0.1, 0.15) is 29.8 Å². The van der Waals surface area contributed by atoms with E-state index in [0.29, 0.717) is 0 Å². The zero-order chi connectivity index (χ0) is 8.55. The Morgan fingerprint density at radius 3 is 2.83 bits per heavy atom. The summed E-state index contributed by atoms with van der Waals surface area (Å²) in [6.45, 7) is 0. The number of fused-ring (bicyclic) bond motifs is 1. The zero-order valence-corrected chi connectivity index (χ0v) is 7.30. The third kappa shape index (κ3) is 0.937. The normalized spacial score (nSPS) is 15.3. The predicted molar refractivity (Wildman–Crippen MR) is 46.8 cm³/mol. The molecule has 0 saturated carbocycles. The number of hydrogen-bond acceptors (Lipinski definition) is 1. The summed E-state index contributed by atoms with van der Waals surface area (Å²) in [5.41, 5.74) is 3.57. The first-order valence-corrected chi connectivity index (χ1v) is 4.40. The lowest BCUT2D eigenvalue weighted by molar-refractivity contribution is 0.647. The first-order chi connectivity index (χ1) is 5.83. The first kappa shape index (κ1) is 7.42. The van der Waals surface area contributed by atoms with Gasteiger partial charge in [0.1, 0.15) is 11.8 Å². The molecule has 0 aromatic carbocycles. The predicted octanol–water partition coefficient (Wildman–Crippen LogP) is 1.78. The summed E-state index contributed by atoms with van der Waals surface area (Å²) in [5, 5.41) is 8.80. The minimum Gasteiger partial charge on any atom is -0.339 e. The van der Waals surface area contributed by atoms with Crippen LogP contribution in [0.4, 0.5) is 0 Å². The molecule has 62 valence electrons. The van der Waals surface area contributed by atoms with Crippen LogP contribution in [0.15, 0.2) is 6.07 Å². The van der Waals surface area contributed by atoms with E-state index in [-0.39, 0.29) is 0 Å². The van der Waals surface area contributed by atoms with Crippen molar-refractivity contribution in [2.45, 2.75) is 25.7 Å². The standard InChI is InChI=1S/C10H12N2/c1-12-9(7-11)6-8-4-2-3-5-10(8)12/h6H,2-5H2,1H3. The molecule has 0 fully saturated rings. The minimum absolute atomic E-state index is 0.807. The number of rotatable bonds is 0. The maximum Gasteiger partial charge on any atom is 0.120 e. The van der Waals surface area contributed by atoms with Gasteiger partial charge in [0.05, 0.1) is 0 Å². The van der Waals surface area contributed by atoms with Crippen molar-refractivity contribution in [2.24, 2.45) is 7.05 Å². The molecule has 1 heterocycles. The highest BCUT2D eigenvalue weighted by Crippen LogP contribution is 2.23. The molecule has 2 rings (SSSR count). The zero-order valence-electron chi connectivity index (χ0n) is 7.30. The van der Waals surface area contributed by atoms with Crippen molar-refractivity contribution in [1.29, 1.82) is 5.26 Å². The summed E-state index contributed by atoms with van der Waals surface area (Å²) in [6, 6.07) is 4.25. The number of nitrogens with zero attached hydrogens (tertiary/aromatic N) is 2. The molecule has 2 nitrogen and oxygen atoms in total. The van der Waals surface area contributed by atoms with Crippen LogP contribution in [0.25, 0.3) is 0 Å². The molecule has 0 saturated heterocycles. The van der Waals surface area contributed by atoms with Gasteiger partial charge in [0.15, 0.2) is 0 Å². The monoisotopic (exact) mass is 160 g/mol. The Bertz CT molecular complexity index is 341. The molecule has 12 heavy (non-hydrogen) atoms. The lowest BCUT2D eigenvalue weighted by Crippen LogP contribution is -2.05. The quantitative estimate of drug-likeness (QED) is 0.568. The molecule has 1 aliphatic carbocycles. The smallest absolute Gasteiger partial charge is 0.120 e. The molecule has 1 aromatic rings. The van der Waals surface area contributed by atoms with Crippen LogP contribution in [-0.2, 0) is 19.9 Å². The molecule has 0 unspecified atom stereocenters. The van der Waals surface area contributed by atoms with E-state index in [1.165, 1.54) is 24.1 Å². The van der Waals surface area contributed by atoms with Crippen molar-refractivity contribution >= 4 is 0 Å². The second-order valence-electron chi connectivity index (χ2n) is 3.38. The van der Waals surface area contributed by atoms with Gasteiger partial charge in [-0.05, 0) is 37.3 Å². The molecular formula is C10H12N2. The summed E-state index contributed by atoms with van der Waals surface area (Å²) in [7, 11) is 1.99. The fraction of sp³-hybridized carbons (Fsp3) is 0.500. The molecule has 0 aliphatic heterocycles. The van der Waals surface area contributed by atoms with Crippen LogP contribution in [0.2, 0.25) is 0 Å². The summed E-state index contributed by atoms with van der Waals surface area (Å²) in [5.74, 6) is 0. The Morgan fingerprint density at radius 1 is 1.42 bits per heavy atom. The van der Waals surface area contributed by atoms with Crippen LogP contribution in [0.5, 0.6) is 0 Å². The molecule has 0 atom stereocenters. The third-order valence-electron chi connectivity index (χ3n) is 2.67. The van der Waals surface area contributed by atoms with Crippen molar-refractivity contribution in [3.05, 3.63) is 23.0 Å². The van der Waals surface area contributed by atoms with Gasteiger partial charge in [-0.3, -0.25) is 0 Å². The molecule has 1 aliphatic rings. The topological polar surface area (TPSA) is 28.7 Å². The lowest BCUT2D eigenvalue weighted by Gasteiger charge is -2.12. The Morgan fingerprint density at radius 2 is 2.17 bits per heavy atom. The van der Waals surface area contributed by atoms with Gasteiger partial charge in [0, 0.05) is 12.7 Å². The van der Waals surface area contributed by atoms with Gasteiger partial charge in [-0.25, -0.2) is 0 Å². The van der Waals surface area contributed by atoms with E-state index in [9.17, 15) is 0 Å². The average Bonchev–Trinajstić information content (AvgIpc) is 2.44. The van der Waals surface area contributed by atoms with Crippen molar-refractivity contribution in [2.75, 3.05) is 0 Å². The van der Waals surface area contributed by atoms with E-state index in [1.807, 2.05) is 17.7 Å². The Kier molecular flexibility index (Phi) is 1.65. The summed E-state index contributed by atoms with van der Waals surface area (Å²) < 4.78 is 2.04. The Hall–Kier alpha value is -1.23. The van der Waals surface area contributed by atoms with Crippen LogP contribution < -0.4 is 0 Å². The fourth-order valence-electron chi connectivity index (χ4n) is 1.97. The third-order valence-corrected chi connectivity index (χ3v) is 2.67. The fourth-order valence-corrected chi connectivity index (χ4v) is 1.97. The maximum atomic E-state index is 8.80. The molecule has 2 heteroatoms. The van der Waals surface area contributed by atoms with Crippen molar-refractivity contribution < 1.29 is 0 Å². The van der Waals surface area contributed by atoms with Crippen molar-refractivity contribution in [1.82, 2.24) is 4.57 Å². The van der Waals surface area contributed by atoms with Gasteiger partial charge in [-0.1, -0.05) is 0 Å². The molecule has 1 aromatic heterocycles. The van der Waals surface area contributed by atoms with Crippen molar-refractivity contribution in [3.8, 4) is 6.07 Å². The molecular weight excluding hydrogens is 148 g/mol. The van der Waals surface area contributed by atoms with E-state index in [4.69, 9.17) is 5.26 Å². The highest BCUT2D eigenvalue weighted by molar-refractivity contribution is 5.36. The summed E-state index contributed by atoms with van der Waals surface area (Å²) in [4.78, 5) is 0. The van der Waals surface area contributed by atoms with Gasteiger partial charge in [0.2, 0.25) is 0 Å². The van der Waals surface area contributed by atoms with E-state index >= 15 is 0 Å². The number of aryl methyl sites for hydroxylation is 1. The largest absolute Gasteiger partial charge is 0.339 e. The van der Waals surface area contributed by atoms with Crippen molar-refractivity contribution in [3.63, 3.8) is 0 Å². The van der Waals surface area contributed by atoms with Gasteiger partial charge >= 0.3 is 0 Å². The summed E-state index contributed by atoms with van der Waals surface area (Å²) in [6.07, 6.45) is 4.86. The first-order valence-electron chi connectivity index (χ1n) is 4.40. The molecule has 0 N–H and O–H groups in total. The van der Waals surface area contributed by atoms with E-state index in [2.05, 4.69) is 6.07 Å². The van der Waals surface area contributed by atoms with Crippen LogP contribution in [-0.4, -0.2) is 4.57 Å². The van der Waals surface area contributed by atoms with Gasteiger partial charge in [-0.15, -0.1) is 0 Å². The highest BCUT2D eigenvalue weighted by atomic mass is 15.0. The lowest BCUT2D eigenvalue weighted by atomic mass is 9.98. The maximum absolute atomic E-state index is 8.80. The molecule has 0 amide bonds. The van der Waals surface area contributed by atoms with Gasteiger partial charge < -0.3 is 4.57 Å². The molecule has 0 radical (unpaired) electrons. The Labute approximate surface area is 72.4 Å². The van der Waals surface area contributed by atoms with Gasteiger partial charge in [-0.2, -0.15) is 5.26 Å². The molecule has 0 bridgehead atoms. The minimum atomic E-state index is 0.807. The SMILES string of the molecule is Cn1c(C#N)cc2c1CCCC2. The Balaban J connectivity index is 2.53. The van der Waals surface area contributed by atoms with Crippen LogP contribution in [0, 0.1) is 11.3 Å². The van der Waals surface area contributed by atoms with Gasteiger partial charge in [0.25, 0.3) is 0 Å². The summed E-state index contributed by atoms with van der Waals surface area (Å²) >= 11 is 0. The second-order valence-corrected chi connectivity index (χ2v) is 3.38. The van der Waals surface area contributed by atoms with E-state index < -0.39 is 0 Å². The van der Waals surface area contributed by atoms with Crippen LogP contribution >= 0.6 is 0 Å². The van der Waals surface area contributed by atoms with E-state index in [0.717, 1.165) is 18.5 Å². The van der Waals surface area contributed by atoms with Crippen LogP contribution in [0.3, 0.4) is 0 Å². The molecule has 0 spiro atoms. The average molecular weight is 160 g/mol. The number of hydrogen-bond donors (Lipinski definition) is 0. The number of nitriles is 1. The highest BCUT2D eigenvalue weighted by Gasteiger charge is 2.15.